The molecule has 102 valence electrons. The fourth-order valence-electron chi connectivity index (χ4n) is 2.08. The molecule has 0 radical (unpaired) electrons. The molecule has 0 aromatic carbocycles. The van der Waals surface area contributed by atoms with Crippen molar-refractivity contribution in [1.82, 2.24) is 10.2 Å². The average Bonchev–Trinajstić information content (AvgIpc) is 2.62. The van der Waals surface area contributed by atoms with Crippen LogP contribution in [0.4, 0.5) is 0 Å². The lowest BCUT2D eigenvalue weighted by Gasteiger charge is -2.17. The van der Waals surface area contributed by atoms with Crippen molar-refractivity contribution >= 4 is 11.8 Å². The van der Waals surface area contributed by atoms with Crippen LogP contribution >= 0.6 is 11.8 Å². The van der Waals surface area contributed by atoms with E-state index in [4.69, 9.17) is 4.42 Å². The van der Waals surface area contributed by atoms with Crippen LogP contribution in [-0.2, 0) is 13.1 Å². The molecule has 0 bridgehead atoms. The van der Waals surface area contributed by atoms with Crippen molar-refractivity contribution in [3.8, 4) is 0 Å². The molecule has 4 heteroatoms. The number of hydrogen-bond acceptors (Lipinski definition) is 4. The van der Waals surface area contributed by atoms with Crippen LogP contribution in [0.15, 0.2) is 16.5 Å². The monoisotopic (exact) mass is 268 g/mol. The second-order valence-electron chi connectivity index (χ2n) is 5.15. The first-order valence-electron chi connectivity index (χ1n) is 6.85. The van der Waals surface area contributed by atoms with Crippen LogP contribution in [0.2, 0.25) is 0 Å². The van der Waals surface area contributed by atoms with Gasteiger partial charge in [-0.3, -0.25) is 4.90 Å². The summed E-state index contributed by atoms with van der Waals surface area (Å²) in [6.45, 7) is 8.48. The first-order chi connectivity index (χ1) is 8.74. The van der Waals surface area contributed by atoms with Gasteiger partial charge in [-0.1, -0.05) is 13.8 Å². The topological polar surface area (TPSA) is 28.4 Å². The zero-order valence-electron chi connectivity index (χ0n) is 11.4. The molecule has 2 heterocycles. The fraction of sp³-hybridized carbons (Fsp3) is 0.714. The number of rotatable bonds is 5. The predicted octanol–water partition coefficient (Wildman–Crippen LogP) is 2.72. The largest absolute Gasteiger partial charge is 0.463 e. The van der Waals surface area contributed by atoms with Gasteiger partial charge in [-0.2, -0.15) is 11.8 Å². The van der Waals surface area contributed by atoms with Gasteiger partial charge in [0.1, 0.15) is 11.5 Å². The van der Waals surface area contributed by atoms with Crippen molar-refractivity contribution in [1.29, 1.82) is 0 Å². The molecule has 1 aliphatic rings. The Kier molecular flexibility index (Phi) is 5.60. The van der Waals surface area contributed by atoms with Crippen LogP contribution in [0.1, 0.15) is 31.8 Å². The van der Waals surface area contributed by atoms with Crippen LogP contribution < -0.4 is 5.32 Å². The summed E-state index contributed by atoms with van der Waals surface area (Å²) in [5, 5.41) is 3.38. The van der Waals surface area contributed by atoms with E-state index in [0.29, 0.717) is 6.04 Å². The van der Waals surface area contributed by atoms with Crippen LogP contribution in [0.25, 0.3) is 0 Å². The summed E-state index contributed by atoms with van der Waals surface area (Å²) in [5.41, 5.74) is 0. The Morgan fingerprint density at radius 3 is 2.94 bits per heavy atom. The normalized spacial score (nSPS) is 18.2. The minimum absolute atomic E-state index is 0.501. The zero-order valence-corrected chi connectivity index (χ0v) is 12.3. The minimum atomic E-state index is 0.501. The Hall–Kier alpha value is -0.450. The van der Waals surface area contributed by atoms with Gasteiger partial charge in [0.05, 0.1) is 13.1 Å². The molecule has 1 aromatic rings. The van der Waals surface area contributed by atoms with Crippen molar-refractivity contribution in [2.45, 2.75) is 39.4 Å². The summed E-state index contributed by atoms with van der Waals surface area (Å²) in [6.07, 6.45) is 1.30. The fourth-order valence-corrected chi connectivity index (χ4v) is 3.01. The molecule has 0 amide bonds. The van der Waals surface area contributed by atoms with Crippen molar-refractivity contribution in [3.05, 3.63) is 23.7 Å². The molecule has 0 saturated carbocycles. The second kappa shape index (κ2) is 7.22. The number of hydrogen-bond donors (Lipinski definition) is 1. The van der Waals surface area contributed by atoms with Gasteiger partial charge in [0.25, 0.3) is 0 Å². The Balaban J connectivity index is 1.81. The molecule has 0 unspecified atom stereocenters. The van der Waals surface area contributed by atoms with E-state index in [1.165, 1.54) is 31.0 Å². The molecular formula is C14H24N2OS. The molecule has 0 aliphatic carbocycles. The van der Waals surface area contributed by atoms with E-state index < -0.39 is 0 Å². The smallest absolute Gasteiger partial charge is 0.118 e. The average molecular weight is 268 g/mol. The summed E-state index contributed by atoms with van der Waals surface area (Å²) >= 11 is 2.06. The maximum atomic E-state index is 5.87. The molecule has 1 aromatic heterocycles. The highest BCUT2D eigenvalue weighted by atomic mass is 32.2. The Morgan fingerprint density at radius 1 is 1.28 bits per heavy atom. The van der Waals surface area contributed by atoms with Crippen molar-refractivity contribution in [2.24, 2.45) is 0 Å². The van der Waals surface area contributed by atoms with E-state index >= 15 is 0 Å². The first kappa shape index (κ1) is 14.0. The molecule has 1 N–H and O–H groups in total. The minimum Gasteiger partial charge on any atom is -0.463 e. The summed E-state index contributed by atoms with van der Waals surface area (Å²) in [7, 11) is 0. The van der Waals surface area contributed by atoms with Gasteiger partial charge >= 0.3 is 0 Å². The van der Waals surface area contributed by atoms with E-state index in [9.17, 15) is 0 Å². The summed E-state index contributed by atoms with van der Waals surface area (Å²) in [6, 6.07) is 4.72. The maximum Gasteiger partial charge on any atom is 0.118 e. The quantitative estimate of drug-likeness (QED) is 0.889. The van der Waals surface area contributed by atoms with Crippen LogP contribution in [0.5, 0.6) is 0 Å². The molecule has 1 aliphatic heterocycles. The Labute approximate surface area is 114 Å². The number of furan rings is 1. The van der Waals surface area contributed by atoms with E-state index in [1.54, 1.807) is 0 Å². The number of thioether (sulfide) groups is 1. The second-order valence-corrected chi connectivity index (χ2v) is 6.37. The van der Waals surface area contributed by atoms with Crippen LogP contribution in [0.3, 0.4) is 0 Å². The standard InChI is InChI=1S/C14H24N2OS/c1-12(2)15-10-13-4-5-14(17-13)11-16-6-3-8-18-9-7-16/h4-5,12,15H,3,6-11H2,1-2H3. The molecular weight excluding hydrogens is 244 g/mol. The summed E-state index contributed by atoms with van der Waals surface area (Å²) < 4.78 is 5.87. The van der Waals surface area contributed by atoms with Gasteiger partial charge in [-0.05, 0) is 30.9 Å². The molecule has 0 spiro atoms. The van der Waals surface area contributed by atoms with E-state index in [-0.39, 0.29) is 0 Å². The molecule has 1 saturated heterocycles. The Bertz CT molecular complexity index is 343. The van der Waals surface area contributed by atoms with Crippen LogP contribution in [0, 0.1) is 0 Å². The summed E-state index contributed by atoms with van der Waals surface area (Å²) in [4.78, 5) is 2.50. The van der Waals surface area contributed by atoms with E-state index in [0.717, 1.165) is 24.6 Å². The number of nitrogens with one attached hydrogen (secondary N) is 1. The van der Waals surface area contributed by atoms with Crippen molar-refractivity contribution in [2.75, 3.05) is 24.6 Å². The highest BCUT2D eigenvalue weighted by molar-refractivity contribution is 7.99. The van der Waals surface area contributed by atoms with Gasteiger partial charge < -0.3 is 9.73 Å². The van der Waals surface area contributed by atoms with Gasteiger partial charge in [0, 0.05) is 18.3 Å². The first-order valence-corrected chi connectivity index (χ1v) is 8.00. The number of nitrogens with zero attached hydrogens (tertiary/aromatic N) is 1. The molecule has 18 heavy (non-hydrogen) atoms. The van der Waals surface area contributed by atoms with Crippen molar-refractivity contribution < 1.29 is 4.42 Å². The molecule has 2 rings (SSSR count). The molecule has 1 fully saturated rings. The lowest BCUT2D eigenvalue weighted by molar-refractivity contribution is 0.258. The van der Waals surface area contributed by atoms with Gasteiger partial charge in [0.15, 0.2) is 0 Å². The van der Waals surface area contributed by atoms with Gasteiger partial charge in [-0.25, -0.2) is 0 Å². The van der Waals surface area contributed by atoms with Crippen LogP contribution in [-0.4, -0.2) is 35.5 Å². The van der Waals surface area contributed by atoms with E-state index in [2.05, 4.69) is 48.0 Å². The predicted molar refractivity (Wildman–Crippen MR) is 77.9 cm³/mol. The summed E-state index contributed by atoms with van der Waals surface area (Å²) in [5.74, 6) is 4.70. The highest BCUT2D eigenvalue weighted by Gasteiger charge is 2.11. The molecule has 3 nitrogen and oxygen atoms in total. The third kappa shape index (κ3) is 4.67. The molecule has 0 atom stereocenters. The van der Waals surface area contributed by atoms with Gasteiger partial charge in [-0.15, -0.1) is 0 Å². The van der Waals surface area contributed by atoms with Gasteiger partial charge in [0.2, 0.25) is 0 Å². The van der Waals surface area contributed by atoms with Crippen molar-refractivity contribution in [3.63, 3.8) is 0 Å². The SMILES string of the molecule is CC(C)NCc1ccc(CN2CCCSCC2)o1. The lowest BCUT2D eigenvalue weighted by Crippen LogP contribution is -2.25. The lowest BCUT2D eigenvalue weighted by atomic mass is 10.3. The maximum absolute atomic E-state index is 5.87. The highest BCUT2D eigenvalue weighted by Crippen LogP contribution is 2.15. The zero-order chi connectivity index (χ0) is 12.8. The Morgan fingerprint density at radius 2 is 2.11 bits per heavy atom. The third-order valence-electron chi connectivity index (χ3n) is 3.10. The third-order valence-corrected chi connectivity index (χ3v) is 4.14. The van der Waals surface area contributed by atoms with E-state index in [1.807, 2.05) is 0 Å².